The Hall–Kier alpha value is -1.10. The van der Waals surface area contributed by atoms with Crippen LogP contribution in [0.4, 0.5) is 0 Å². The van der Waals surface area contributed by atoms with Crippen molar-refractivity contribution in [2.45, 2.75) is 57.4 Å². The number of aliphatic hydroxyl groups excluding tert-OH is 1. The van der Waals surface area contributed by atoms with Crippen molar-refractivity contribution in [3.63, 3.8) is 0 Å². The lowest BCUT2D eigenvalue weighted by Gasteiger charge is -2.21. The normalized spacial score (nSPS) is 18.3. The van der Waals surface area contributed by atoms with Gasteiger partial charge in [0.25, 0.3) is 0 Å². The summed E-state index contributed by atoms with van der Waals surface area (Å²) >= 11 is 0. The average molecular weight is 257 g/mol. The average Bonchev–Trinajstić information content (AvgIpc) is 2.37. The topological polar surface area (TPSA) is 86.6 Å². The molecule has 5 nitrogen and oxygen atoms in total. The van der Waals surface area contributed by atoms with Crippen molar-refractivity contribution in [2.24, 2.45) is 5.92 Å². The van der Waals surface area contributed by atoms with Crippen LogP contribution in [0.15, 0.2) is 0 Å². The van der Waals surface area contributed by atoms with Gasteiger partial charge in [-0.05, 0) is 18.8 Å². The van der Waals surface area contributed by atoms with Crippen LogP contribution in [0.2, 0.25) is 0 Å². The number of hydrogen-bond donors (Lipinski definition) is 3. The Morgan fingerprint density at radius 2 is 1.89 bits per heavy atom. The van der Waals surface area contributed by atoms with E-state index in [9.17, 15) is 9.59 Å². The standard InChI is InChI=1S/C13H23NO4/c15-9-11(13(17)18)14-12(16)8-4-7-10-5-2-1-3-6-10/h10-11,15H,1-9H2,(H,14,16)(H,17,18). The molecule has 0 aromatic carbocycles. The van der Waals surface area contributed by atoms with Gasteiger partial charge in [-0.2, -0.15) is 0 Å². The Kier molecular flexibility index (Phi) is 6.72. The highest BCUT2D eigenvalue weighted by Gasteiger charge is 2.19. The molecule has 1 unspecified atom stereocenters. The van der Waals surface area contributed by atoms with Gasteiger partial charge >= 0.3 is 5.97 Å². The van der Waals surface area contributed by atoms with E-state index in [-0.39, 0.29) is 5.91 Å². The lowest BCUT2D eigenvalue weighted by Crippen LogP contribution is -2.43. The zero-order chi connectivity index (χ0) is 13.4. The number of nitrogens with one attached hydrogen (secondary N) is 1. The maximum atomic E-state index is 11.5. The van der Waals surface area contributed by atoms with Crippen LogP contribution in [0.5, 0.6) is 0 Å². The fraction of sp³-hybridized carbons (Fsp3) is 0.846. The first-order chi connectivity index (χ1) is 8.63. The van der Waals surface area contributed by atoms with Gasteiger partial charge in [0.1, 0.15) is 6.04 Å². The van der Waals surface area contributed by atoms with Crippen molar-refractivity contribution < 1.29 is 19.8 Å². The van der Waals surface area contributed by atoms with Gasteiger partial charge in [-0.25, -0.2) is 4.79 Å². The summed E-state index contributed by atoms with van der Waals surface area (Å²) in [6.45, 7) is -0.566. The quantitative estimate of drug-likeness (QED) is 0.641. The molecule has 0 radical (unpaired) electrons. The van der Waals surface area contributed by atoms with E-state index in [2.05, 4.69) is 5.32 Å². The third-order valence-corrected chi connectivity index (χ3v) is 3.56. The first-order valence-corrected chi connectivity index (χ1v) is 6.76. The van der Waals surface area contributed by atoms with Crippen molar-refractivity contribution >= 4 is 11.9 Å². The fourth-order valence-electron chi connectivity index (χ4n) is 2.48. The van der Waals surface area contributed by atoms with E-state index >= 15 is 0 Å². The minimum atomic E-state index is -1.20. The SMILES string of the molecule is O=C(CCCC1CCCCC1)NC(CO)C(=O)O. The molecule has 0 heterocycles. The van der Waals surface area contributed by atoms with E-state index in [0.29, 0.717) is 6.42 Å². The Balaban J connectivity index is 2.14. The Bertz CT molecular complexity index is 274. The van der Waals surface area contributed by atoms with Gasteiger partial charge in [-0.1, -0.05) is 32.1 Å². The highest BCUT2D eigenvalue weighted by molar-refractivity contribution is 5.83. The molecule has 1 fully saturated rings. The monoisotopic (exact) mass is 257 g/mol. The summed E-state index contributed by atoms with van der Waals surface area (Å²) in [4.78, 5) is 22.1. The molecular formula is C13H23NO4. The van der Waals surface area contributed by atoms with E-state index in [0.717, 1.165) is 18.8 Å². The van der Waals surface area contributed by atoms with Crippen LogP contribution in [0.3, 0.4) is 0 Å². The second-order valence-electron chi connectivity index (χ2n) is 5.04. The van der Waals surface area contributed by atoms with Gasteiger partial charge < -0.3 is 15.5 Å². The summed E-state index contributed by atoms with van der Waals surface area (Å²) < 4.78 is 0. The predicted octanol–water partition coefficient (Wildman–Crippen LogP) is 1.30. The molecule has 3 N–H and O–H groups in total. The minimum Gasteiger partial charge on any atom is -0.480 e. The van der Waals surface area contributed by atoms with E-state index in [1.165, 1.54) is 32.1 Å². The van der Waals surface area contributed by atoms with Gasteiger partial charge in [0.05, 0.1) is 6.61 Å². The largest absolute Gasteiger partial charge is 0.480 e. The number of hydrogen-bond acceptors (Lipinski definition) is 3. The number of carboxylic acid groups (broad SMARTS) is 1. The second kappa shape index (κ2) is 8.08. The van der Waals surface area contributed by atoms with E-state index < -0.39 is 18.6 Å². The van der Waals surface area contributed by atoms with Crippen molar-refractivity contribution in [2.75, 3.05) is 6.61 Å². The molecule has 104 valence electrons. The summed E-state index contributed by atoms with van der Waals surface area (Å²) in [5, 5.41) is 19.8. The molecule has 1 aliphatic carbocycles. The Morgan fingerprint density at radius 3 is 2.44 bits per heavy atom. The number of carbonyl (C=O) groups excluding carboxylic acids is 1. The van der Waals surface area contributed by atoms with E-state index in [4.69, 9.17) is 10.2 Å². The minimum absolute atomic E-state index is 0.285. The van der Waals surface area contributed by atoms with Crippen LogP contribution in [-0.4, -0.2) is 34.7 Å². The molecule has 18 heavy (non-hydrogen) atoms. The molecule has 1 amide bonds. The lowest BCUT2D eigenvalue weighted by molar-refractivity contribution is -0.142. The van der Waals surface area contributed by atoms with Gasteiger partial charge in [-0.3, -0.25) is 4.79 Å². The number of carbonyl (C=O) groups is 2. The Morgan fingerprint density at radius 1 is 1.22 bits per heavy atom. The van der Waals surface area contributed by atoms with Crippen LogP contribution in [0.1, 0.15) is 51.4 Å². The van der Waals surface area contributed by atoms with Gasteiger partial charge in [0, 0.05) is 6.42 Å². The third kappa shape index (κ3) is 5.49. The molecule has 0 aliphatic heterocycles. The summed E-state index contributed by atoms with van der Waals surface area (Å²) in [5.74, 6) is -0.745. The number of amides is 1. The van der Waals surface area contributed by atoms with E-state index in [1.54, 1.807) is 0 Å². The zero-order valence-corrected chi connectivity index (χ0v) is 10.7. The highest BCUT2D eigenvalue weighted by atomic mass is 16.4. The summed E-state index contributed by atoms with van der Waals surface area (Å²) in [5.41, 5.74) is 0. The summed E-state index contributed by atoms with van der Waals surface area (Å²) in [6.07, 6.45) is 8.63. The molecule has 0 aromatic rings. The Labute approximate surface area is 108 Å². The third-order valence-electron chi connectivity index (χ3n) is 3.56. The van der Waals surface area contributed by atoms with Gasteiger partial charge in [0.15, 0.2) is 0 Å². The molecule has 0 bridgehead atoms. The molecule has 1 atom stereocenters. The second-order valence-corrected chi connectivity index (χ2v) is 5.04. The molecule has 0 spiro atoms. The summed E-state index contributed by atoms with van der Waals surface area (Å²) in [7, 11) is 0. The summed E-state index contributed by atoms with van der Waals surface area (Å²) in [6, 6.07) is -1.17. The molecule has 1 saturated carbocycles. The van der Waals surface area contributed by atoms with Gasteiger partial charge in [-0.15, -0.1) is 0 Å². The van der Waals surface area contributed by atoms with Crippen molar-refractivity contribution in [3.05, 3.63) is 0 Å². The molecule has 0 saturated heterocycles. The first kappa shape index (κ1) is 15.0. The molecule has 5 heteroatoms. The van der Waals surface area contributed by atoms with Crippen LogP contribution in [0.25, 0.3) is 0 Å². The lowest BCUT2D eigenvalue weighted by atomic mass is 9.86. The zero-order valence-electron chi connectivity index (χ0n) is 10.7. The van der Waals surface area contributed by atoms with Crippen LogP contribution in [-0.2, 0) is 9.59 Å². The smallest absolute Gasteiger partial charge is 0.328 e. The predicted molar refractivity (Wildman–Crippen MR) is 67.1 cm³/mol. The van der Waals surface area contributed by atoms with Crippen LogP contribution >= 0.6 is 0 Å². The number of rotatable bonds is 7. The number of aliphatic hydroxyl groups is 1. The first-order valence-electron chi connectivity index (χ1n) is 6.76. The molecule has 0 aromatic heterocycles. The number of aliphatic carboxylic acids is 1. The number of carboxylic acids is 1. The van der Waals surface area contributed by atoms with Crippen molar-refractivity contribution in [3.8, 4) is 0 Å². The fourth-order valence-corrected chi connectivity index (χ4v) is 2.48. The van der Waals surface area contributed by atoms with Crippen LogP contribution in [0, 0.1) is 5.92 Å². The van der Waals surface area contributed by atoms with E-state index in [1.807, 2.05) is 0 Å². The highest BCUT2D eigenvalue weighted by Crippen LogP contribution is 2.27. The maximum absolute atomic E-state index is 11.5. The maximum Gasteiger partial charge on any atom is 0.328 e. The van der Waals surface area contributed by atoms with Crippen LogP contribution < -0.4 is 5.32 Å². The van der Waals surface area contributed by atoms with Crippen molar-refractivity contribution in [1.29, 1.82) is 0 Å². The molecule has 1 rings (SSSR count). The van der Waals surface area contributed by atoms with Gasteiger partial charge in [0.2, 0.25) is 5.91 Å². The molecular weight excluding hydrogens is 234 g/mol. The molecule has 1 aliphatic rings. The van der Waals surface area contributed by atoms with Crippen molar-refractivity contribution in [1.82, 2.24) is 5.32 Å².